The Kier molecular flexibility index (Phi) is 8.06. The van der Waals surface area contributed by atoms with Gasteiger partial charge in [0.25, 0.3) is 0 Å². The maximum Gasteiger partial charge on any atom is 0.341 e. The van der Waals surface area contributed by atoms with Gasteiger partial charge in [-0.25, -0.2) is 4.79 Å². The van der Waals surface area contributed by atoms with Crippen molar-refractivity contribution in [3.63, 3.8) is 0 Å². The Hall–Kier alpha value is -3.35. The van der Waals surface area contributed by atoms with Crippen LogP contribution in [0.15, 0.2) is 66.7 Å². The molecule has 0 bridgehead atoms. The molecule has 0 radical (unpaired) electrons. The maximum absolute atomic E-state index is 13.4. The van der Waals surface area contributed by atoms with Gasteiger partial charge >= 0.3 is 5.97 Å². The highest BCUT2D eigenvalue weighted by Gasteiger charge is 2.26. The highest BCUT2D eigenvalue weighted by atomic mass is 35.5. The van der Waals surface area contributed by atoms with Crippen molar-refractivity contribution >= 4 is 29.0 Å². The molecule has 1 atom stereocenters. The SMILES string of the molecule is COC(=O)c1c(Cc2ccccc2)ccc(C(=O)CN(CC2CCCO2)c2ccc(Cl)cc2)c1O. The lowest BCUT2D eigenvalue weighted by Gasteiger charge is -2.27. The molecule has 4 rings (SSSR count). The normalized spacial score (nSPS) is 15.1. The monoisotopic (exact) mass is 493 g/mol. The summed E-state index contributed by atoms with van der Waals surface area (Å²) in [5.74, 6) is -1.35. The van der Waals surface area contributed by atoms with Gasteiger partial charge in [0.05, 0.1) is 25.3 Å². The molecule has 0 aliphatic carbocycles. The van der Waals surface area contributed by atoms with E-state index in [1.165, 1.54) is 7.11 Å². The lowest BCUT2D eigenvalue weighted by atomic mass is 9.95. The zero-order valence-corrected chi connectivity index (χ0v) is 20.3. The molecular weight excluding hydrogens is 466 g/mol. The zero-order valence-electron chi connectivity index (χ0n) is 19.6. The number of phenols is 1. The van der Waals surface area contributed by atoms with Gasteiger partial charge in [0.2, 0.25) is 0 Å². The van der Waals surface area contributed by atoms with Gasteiger partial charge < -0.3 is 19.5 Å². The number of methoxy groups -OCH3 is 1. The van der Waals surface area contributed by atoms with Gasteiger partial charge in [-0.2, -0.15) is 0 Å². The number of halogens is 1. The smallest absolute Gasteiger partial charge is 0.341 e. The van der Waals surface area contributed by atoms with Crippen LogP contribution >= 0.6 is 11.6 Å². The number of aromatic hydroxyl groups is 1. The second-order valence-electron chi connectivity index (χ2n) is 8.56. The molecular formula is C28H28ClNO5. The molecule has 0 aromatic heterocycles. The first-order chi connectivity index (χ1) is 17.0. The number of carbonyl (C=O) groups is 2. The topological polar surface area (TPSA) is 76.1 Å². The number of ether oxygens (including phenoxy) is 2. The summed E-state index contributed by atoms with van der Waals surface area (Å²) < 4.78 is 10.7. The molecule has 1 unspecified atom stereocenters. The van der Waals surface area contributed by atoms with Crippen LogP contribution in [0.5, 0.6) is 5.75 Å². The van der Waals surface area contributed by atoms with Crippen LogP contribution in [0, 0.1) is 0 Å². The molecule has 182 valence electrons. The zero-order chi connectivity index (χ0) is 24.8. The van der Waals surface area contributed by atoms with Gasteiger partial charge in [-0.05, 0) is 60.7 Å². The summed E-state index contributed by atoms with van der Waals surface area (Å²) in [5.41, 5.74) is 2.48. The number of hydrogen-bond acceptors (Lipinski definition) is 6. The van der Waals surface area contributed by atoms with Crippen LogP contribution < -0.4 is 4.90 Å². The van der Waals surface area contributed by atoms with E-state index in [9.17, 15) is 14.7 Å². The minimum atomic E-state index is -0.683. The highest BCUT2D eigenvalue weighted by molar-refractivity contribution is 6.30. The quantitative estimate of drug-likeness (QED) is 0.322. The predicted octanol–water partition coefficient (Wildman–Crippen LogP) is 5.29. The van der Waals surface area contributed by atoms with E-state index >= 15 is 0 Å². The fourth-order valence-electron chi connectivity index (χ4n) is 4.36. The van der Waals surface area contributed by atoms with Crippen molar-refractivity contribution in [2.45, 2.75) is 25.4 Å². The first kappa shape index (κ1) is 24.8. The average Bonchev–Trinajstić information content (AvgIpc) is 3.38. The van der Waals surface area contributed by atoms with E-state index in [1.807, 2.05) is 47.4 Å². The van der Waals surface area contributed by atoms with Crippen molar-refractivity contribution in [2.75, 3.05) is 31.7 Å². The summed E-state index contributed by atoms with van der Waals surface area (Å²) in [5, 5.41) is 11.6. The lowest BCUT2D eigenvalue weighted by Crippen LogP contribution is -2.36. The van der Waals surface area contributed by atoms with Crippen LogP contribution in [-0.4, -0.2) is 49.8 Å². The highest BCUT2D eigenvalue weighted by Crippen LogP contribution is 2.30. The van der Waals surface area contributed by atoms with E-state index < -0.39 is 5.97 Å². The number of Topliss-reactive ketones (excluding diaryl/α,β-unsaturated/α-hetero) is 1. The van der Waals surface area contributed by atoms with Crippen LogP contribution in [0.4, 0.5) is 5.69 Å². The Morgan fingerprint density at radius 2 is 1.83 bits per heavy atom. The molecule has 7 heteroatoms. The summed E-state index contributed by atoms with van der Waals surface area (Å²) in [6, 6.07) is 20.1. The Morgan fingerprint density at radius 1 is 1.09 bits per heavy atom. The minimum Gasteiger partial charge on any atom is -0.506 e. The molecule has 1 saturated heterocycles. The fourth-order valence-corrected chi connectivity index (χ4v) is 4.48. The summed E-state index contributed by atoms with van der Waals surface area (Å²) in [6.45, 7) is 1.25. The molecule has 1 fully saturated rings. The molecule has 1 heterocycles. The number of anilines is 1. The van der Waals surface area contributed by atoms with Crippen LogP contribution in [0.2, 0.25) is 5.02 Å². The molecule has 0 amide bonds. The number of phenolic OH excluding ortho intramolecular Hbond substituents is 1. The van der Waals surface area contributed by atoms with Crippen LogP contribution in [0.25, 0.3) is 0 Å². The second kappa shape index (κ2) is 11.4. The number of ketones is 1. The molecule has 35 heavy (non-hydrogen) atoms. The summed E-state index contributed by atoms with van der Waals surface area (Å²) in [6.07, 6.45) is 2.35. The fraction of sp³-hybridized carbons (Fsp3) is 0.286. The van der Waals surface area contributed by atoms with E-state index in [4.69, 9.17) is 21.1 Å². The van der Waals surface area contributed by atoms with E-state index in [0.29, 0.717) is 30.2 Å². The van der Waals surface area contributed by atoms with Gasteiger partial charge in [0, 0.05) is 23.9 Å². The van der Waals surface area contributed by atoms with E-state index in [2.05, 4.69) is 0 Å². The Balaban J connectivity index is 1.63. The van der Waals surface area contributed by atoms with Crippen molar-refractivity contribution in [3.8, 4) is 5.75 Å². The Morgan fingerprint density at radius 3 is 2.49 bits per heavy atom. The Bertz CT molecular complexity index is 1170. The Labute approximate surface area is 210 Å². The third-order valence-electron chi connectivity index (χ3n) is 6.17. The average molecular weight is 494 g/mol. The number of esters is 1. The van der Waals surface area contributed by atoms with Crippen molar-refractivity contribution < 1.29 is 24.2 Å². The molecule has 6 nitrogen and oxygen atoms in total. The predicted molar refractivity (Wildman–Crippen MR) is 136 cm³/mol. The van der Waals surface area contributed by atoms with Crippen molar-refractivity contribution in [3.05, 3.63) is 94.0 Å². The molecule has 3 aromatic rings. The van der Waals surface area contributed by atoms with Gasteiger partial charge in [0.1, 0.15) is 11.3 Å². The van der Waals surface area contributed by atoms with E-state index in [1.54, 1.807) is 24.3 Å². The van der Waals surface area contributed by atoms with Crippen molar-refractivity contribution in [2.24, 2.45) is 0 Å². The number of carbonyl (C=O) groups excluding carboxylic acids is 2. The van der Waals surface area contributed by atoms with Crippen LogP contribution in [0.1, 0.15) is 44.7 Å². The molecule has 1 aliphatic rings. The third kappa shape index (κ3) is 6.02. The lowest BCUT2D eigenvalue weighted by molar-refractivity contribution is 0.0596. The molecule has 0 spiro atoms. The van der Waals surface area contributed by atoms with E-state index in [0.717, 1.165) is 24.1 Å². The van der Waals surface area contributed by atoms with Crippen LogP contribution in [0.3, 0.4) is 0 Å². The summed E-state index contributed by atoms with van der Waals surface area (Å²) in [7, 11) is 1.26. The first-order valence-corrected chi connectivity index (χ1v) is 12.0. The van der Waals surface area contributed by atoms with Crippen molar-refractivity contribution in [1.29, 1.82) is 0 Å². The second-order valence-corrected chi connectivity index (χ2v) is 9.00. The number of nitrogens with zero attached hydrogens (tertiary/aromatic N) is 1. The van der Waals surface area contributed by atoms with E-state index in [-0.39, 0.29) is 35.3 Å². The molecule has 0 saturated carbocycles. The largest absolute Gasteiger partial charge is 0.506 e. The summed E-state index contributed by atoms with van der Waals surface area (Å²) in [4.78, 5) is 27.9. The third-order valence-corrected chi connectivity index (χ3v) is 6.42. The maximum atomic E-state index is 13.4. The standard InChI is InChI=1S/C28H28ClNO5/c1-34-28(33)26-20(16-19-6-3-2-4-7-19)9-14-24(27(26)32)25(31)18-30(17-23-8-5-15-35-23)22-12-10-21(29)11-13-22/h2-4,6-7,9-14,23,32H,5,8,15-18H2,1H3. The summed E-state index contributed by atoms with van der Waals surface area (Å²) >= 11 is 6.06. The van der Waals surface area contributed by atoms with Gasteiger partial charge in [-0.1, -0.05) is 48.0 Å². The van der Waals surface area contributed by atoms with Gasteiger partial charge in [-0.15, -0.1) is 0 Å². The first-order valence-electron chi connectivity index (χ1n) is 11.6. The van der Waals surface area contributed by atoms with Crippen molar-refractivity contribution in [1.82, 2.24) is 0 Å². The molecule has 1 aliphatic heterocycles. The molecule has 3 aromatic carbocycles. The molecule has 1 N–H and O–H groups in total. The van der Waals surface area contributed by atoms with Gasteiger partial charge in [0.15, 0.2) is 5.78 Å². The number of rotatable bonds is 9. The number of hydrogen-bond donors (Lipinski definition) is 1. The van der Waals surface area contributed by atoms with Crippen LogP contribution in [-0.2, 0) is 15.9 Å². The van der Waals surface area contributed by atoms with Gasteiger partial charge in [-0.3, -0.25) is 4.79 Å². The number of benzene rings is 3. The minimum absolute atomic E-state index is 0.00764.